The first-order valence-electron chi connectivity index (χ1n) is 6.24. The van der Waals surface area contributed by atoms with Crippen LogP contribution in [0.1, 0.15) is 38.2 Å². The van der Waals surface area contributed by atoms with E-state index in [1.807, 2.05) is 13.8 Å². The topological polar surface area (TPSA) is 29.1 Å². The van der Waals surface area contributed by atoms with E-state index in [1.165, 1.54) is 18.2 Å². The van der Waals surface area contributed by atoms with E-state index >= 15 is 0 Å². The van der Waals surface area contributed by atoms with Crippen LogP contribution < -0.4 is 5.32 Å². The van der Waals surface area contributed by atoms with Crippen LogP contribution in [0.15, 0.2) is 18.2 Å². The van der Waals surface area contributed by atoms with Crippen molar-refractivity contribution < 1.29 is 13.6 Å². The van der Waals surface area contributed by atoms with Gasteiger partial charge in [0, 0.05) is 23.9 Å². The van der Waals surface area contributed by atoms with E-state index in [-0.39, 0.29) is 29.3 Å². The van der Waals surface area contributed by atoms with Crippen LogP contribution in [0.5, 0.6) is 0 Å². The second kappa shape index (κ2) is 5.04. The maximum Gasteiger partial charge on any atom is 0.220 e. The fraction of sp³-hybridized carbons (Fsp3) is 0.500. The second-order valence-electron chi connectivity index (χ2n) is 5.12. The van der Waals surface area contributed by atoms with Crippen molar-refractivity contribution in [2.75, 3.05) is 0 Å². The molecule has 1 saturated heterocycles. The van der Waals surface area contributed by atoms with Gasteiger partial charge in [-0.1, -0.05) is 19.9 Å². The third kappa shape index (κ3) is 2.37. The summed E-state index contributed by atoms with van der Waals surface area (Å²) in [5.74, 6) is -1.37. The Bertz CT molecular complexity index is 439. The van der Waals surface area contributed by atoms with Crippen LogP contribution in [0.25, 0.3) is 0 Å². The lowest BCUT2D eigenvalue weighted by Gasteiger charge is -2.28. The number of hydrogen-bond donors (Lipinski definition) is 1. The summed E-state index contributed by atoms with van der Waals surface area (Å²) in [7, 11) is 0. The molecule has 1 heterocycles. The van der Waals surface area contributed by atoms with Crippen molar-refractivity contribution in [3.8, 4) is 0 Å². The summed E-state index contributed by atoms with van der Waals surface area (Å²) >= 11 is 0. The molecule has 2 rings (SSSR count). The smallest absolute Gasteiger partial charge is 0.220 e. The maximum absolute atomic E-state index is 13.9. The highest BCUT2D eigenvalue weighted by Gasteiger charge is 2.34. The summed E-state index contributed by atoms with van der Waals surface area (Å²) in [6.07, 6.45) is 1.07. The first-order valence-corrected chi connectivity index (χ1v) is 6.24. The zero-order valence-electron chi connectivity index (χ0n) is 10.5. The minimum absolute atomic E-state index is 0.0394. The molecule has 0 aliphatic carbocycles. The summed E-state index contributed by atoms with van der Waals surface area (Å²) in [6.45, 7) is 3.84. The molecule has 0 aromatic heterocycles. The quantitative estimate of drug-likeness (QED) is 0.881. The molecule has 1 aliphatic heterocycles. The summed E-state index contributed by atoms with van der Waals surface area (Å²) in [5, 5.41) is 2.82. The predicted molar refractivity (Wildman–Crippen MR) is 65.1 cm³/mol. The fourth-order valence-electron chi connectivity index (χ4n) is 2.74. The summed E-state index contributed by atoms with van der Waals surface area (Å²) in [4.78, 5) is 11.3. The van der Waals surface area contributed by atoms with Gasteiger partial charge in [-0.05, 0) is 24.5 Å². The molecule has 4 heteroatoms. The predicted octanol–water partition coefficient (Wildman–Crippen LogP) is 2.98. The van der Waals surface area contributed by atoms with E-state index in [0.29, 0.717) is 12.8 Å². The van der Waals surface area contributed by atoms with Gasteiger partial charge in [0.05, 0.1) is 0 Å². The molecule has 0 radical (unpaired) electrons. The Balaban J connectivity index is 2.39. The fourth-order valence-corrected chi connectivity index (χ4v) is 2.74. The van der Waals surface area contributed by atoms with Gasteiger partial charge < -0.3 is 5.32 Å². The van der Waals surface area contributed by atoms with Crippen LogP contribution in [0.3, 0.4) is 0 Å². The maximum atomic E-state index is 13.9. The highest BCUT2D eigenvalue weighted by atomic mass is 19.1. The van der Waals surface area contributed by atoms with Crippen molar-refractivity contribution in [2.24, 2.45) is 5.92 Å². The Morgan fingerprint density at radius 3 is 2.33 bits per heavy atom. The Labute approximate surface area is 105 Å². The lowest BCUT2D eigenvalue weighted by atomic mass is 9.81. The lowest BCUT2D eigenvalue weighted by Crippen LogP contribution is -2.35. The molecule has 1 amide bonds. The number of hydrogen-bond acceptors (Lipinski definition) is 1. The standard InChI is InChI=1S/C14H17F2NO/c1-8(2)13(11-6-7-12(18)17-11)14-9(15)4-3-5-10(14)16/h3-5,8,11,13H,6-7H2,1-2H3,(H,17,18)/t11-,13-/m0/s1. The molecule has 1 fully saturated rings. The minimum atomic E-state index is -0.533. The minimum Gasteiger partial charge on any atom is -0.353 e. The van der Waals surface area contributed by atoms with Crippen LogP contribution >= 0.6 is 0 Å². The van der Waals surface area contributed by atoms with E-state index in [4.69, 9.17) is 0 Å². The summed E-state index contributed by atoms with van der Waals surface area (Å²) in [5.41, 5.74) is 0.0969. The number of carbonyl (C=O) groups is 1. The third-order valence-electron chi connectivity index (χ3n) is 3.51. The molecule has 0 unspecified atom stereocenters. The molecule has 98 valence electrons. The van der Waals surface area contributed by atoms with Crippen LogP contribution in [-0.2, 0) is 4.79 Å². The largest absolute Gasteiger partial charge is 0.353 e. The van der Waals surface area contributed by atoms with Crippen LogP contribution in [0, 0.1) is 17.6 Å². The molecule has 1 aromatic rings. The van der Waals surface area contributed by atoms with Crippen LogP contribution in [0.2, 0.25) is 0 Å². The van der Waals surface area contributed by atoms with Gasteiger partial charge in [-0.15, -0.1) is 0 Å². The van der Waals surface area contributed by atoms with Crippen molar-refractivity contribution in [1.82, 2.24) is 5.32 Å². The van der Waals surface area contributed by atoms with Crippen molar-refractivity contribution in [1.29, 1.82) is 0 Å². The van der Waals surface area contributed by atoms with Gasteiger partial charge in [-0.2, -0.15) is 0 Å². The molecule has 2 atom stereocenters. The molecule has 0 bridgehead atoms. The molecule has 18 heavy (non-hydrogen) atoms. The molecule has 0 saturated carbocycles. The Kier molecular flexibility index (Phi) is 3.64. The van der Waals surface area contributed by atoms with Crippen molar-refractivity contribution >= 4 is 5.91 Å². The van der Waals surface area contributed by atoms with Gasteiger partial charge in [0.1, 0.15) is 11.6 Å². The van der Waals surface area contributed by atoms with E-state index in [0.717, 1.165) is 0 Å². The number of carbonyl (C=O) groups excluding carboxylic acids is 1. The van der Waals surface area contributed by atoms with Crippen molar-refractivity contribution in [3.05, 3.63) is 35.4 Å². The first kappa shape index (κ1) is 13.0. The second-order valence-corrected chi connectivity index (χ2v) is 5.12. The number of nitrogens with one attached hydrogen (secondary N) is 1. The van der Waals surface area contributed by atoms with E-state index in [1.54, 1.807) is 0 Å². The van der Waals surface area contributed by atoms with Gasteiger partial charge >= 0.3 is 0 Å². The normalized spacial score (nSPS) is 21.2. The average Bonchev–Trinajstić information content (AvgIpc) is 2.69. The summed E-state index contributed by atoms with van der Waals surface area (Å²) in [6, 6.07) is 3.72. The number of rotatable bonds is 3. The van der Waals surface area contributed by atoms with Gasteiger partial charge in [0.25, 0.3) is 0 Å². The van der Waals surface area contributed by atoms with Crippen LogP contribution in [0.4, 0.5) is 8.78 Å². The summed E-state index contributed by atoms with van der Waals surface area (Å²) < 4.78 is 27.7. The molecule has 1 N–H and O–H groups in total. The Hall–Kier alpha value is -1.45. The van der Waals surface area contributed by atoms with E-state index in [9.17, 15) is 13.6 Å². The van der Waals surface area contributed by atoms with Crippen LogP contribution in [-0.4, -0.2) is 11.9 Å². The average molecular weight is 253 g/mol. The Morgan fingerprint density at radius 2 is 1.89 bits per heavy atom. The van der Waals surface area contributed by atoms with Crippen molar-refractivity contribution in [3.63, 3.8) is 0 Å². The highest BCUT2D eigenvalue weighted by molar-refractivity contribution is 5.78. The molecule has 1 aromatic carbocycles. The SMILES string of the molecule is CC(C)[C@H](c1c(F)cccc1F)[C@@H]1CCC(=O)N1. The molecular formula is C14H17F2NO. The number of halogens is 2. The van der Waals surface area contributed by atoms with Crippen molar-refractivity contribution in [2.45, 2.75) is 38.6 Å². The van der Waals surface area contributed by atoms with Gasteiger partial charge in [-0.25, -0.2) is 8.78 Å². The molecular weight excluding hydrogens is 236 g/mol. The van der Waals surface area contributed by atoms with Gasteiger partial charge in [0.2, 0.25) is 5.91 Å². The lowest BCUT2D eigenvalue weighted by molar-refractivity contribution is -0.119. The van der Waals surface area contributed by atoms with Gasteiger partial charge in [-0.3, -0.25) is 4.79 Å². The zero-order chi connectivity index (χ0) is 13.3. The molecule has 1 aliphatic rings. The molecule has 0 spiro atoms. The molecule has 2 nitrogen and oxygen atoms in total. The van der Waals surface area contributed by atoms with Gasteiger partial charge in [0.15, 0.2) is 0 Å². The van der Waals surface area contributed by atoms with E-state index < -0.39 is 11.6 Å². The zero-order valence-corrected chi connectivity index (χ0v) is 10.5. The Morgan fingerprint density at radius 1 is 1.28 bits per heavy atom. The highest BCUT2D eigenvalue weighted by Crippen LogP contribution is 2.35. The monoisotopic (exact) mass is 253 g/mol. The van der Waals surface area contributed by atoms with E-state index in [2.05, 4.69) is 5.32 Å². The number of amides is 1. The third-order valence-corrected chi connectivity index (χ3v) is 3.51. The number of benzene rings is 1. The first-order chi connectivity index (χ1) is 8.50.